The second-order valence-electron chi connectivity index (χ2n) is 11.4. The molecule has 1 amide bonds. The van der Waals surface area contributed by atoms with Crippen molar-refractivity contribution in [1.29, 1.82) is 0 Å². The van der Waals surface area contributed by atoms with Crippen LogP contribution in [0.4, 0.5) is 14.5 Å². The van der Waals surface area contributed by atoms with Gasteiger partial charge in [0.15, 0.2) is 0 Å². The Balaban J connectivity index is 1.84. The number of benzene rings is 3. The van der Waals surface area contributed by atoms with Crippen LogP contribution in [0, 0.1) is 28.9 Å². The monoisotopic (exact) mass is 589 g/mol. The van der Waals surface area contributed by atoms with E-state index in [9.17, 15) is 14.7 Å². The van der Waals surface area contributed by atoms with Crippen LogP contribution < -0.4 is 10.1 Å². The average Bonchev–Trinajstić information content (AvgIpc) is 3.22. The molecule has 0 bridgehead atoms. The number of carbonyl (C=O) groups is 2. The highest BCUT2D eigenvalue weighted by Crippen LogP contribution is 2.57. The molecule has 1 aliphatic carbocycles. The number of nitrogens with one attached hydrogen (secondary N) is 1. The van der Waals surface area contributed by atoms with Crippen molar-refractivity contribution in [3.05, 3.63) is 93.0 Å². The van der Waals surface area contributed by atoms with E-state index in [1.807, 2.05) is 0 Å². The Bertz CT molecular complexity index is 1440. The molecule has 3 aromatic rings. The average molecular weight is 590 g/mol. The summed E-state index contributed by atoms with van der Waals surface area (Å²) >= 11 is 12.3. The number of carboxylic acids is 1. The van der Waals surface area contributed by atoms with Gasteiger partial charge in [0.1, 0.15) is 17.4 Å². The van der Waals surface area contributed by atoms with Crippen LogP contribution in [-0.2, 0) is 4.79 Å². The first-order valence-electron chi connectivity index (χ1n) is 12.9. The molecule has 1 fully saturated rings. The zero-order valence-electron chi connectivity index (χ0n) is 22.6. The molecule has 0 radical (unpaired) electrons. The van der Waals surface area contributed by atoms with Crippen LogP contribution in [0.2, 0.25) is 10.0 Å². The molecule has 1 aliphatic rings. The van der Waals surface area contributed by atoms with Gasteiger partial charge in [-0.25, -0.2) is 13.6 Å². The molecule has 40 heavy (non-hydrogen) atoms. The SMILES string of the molecule is COc1cc(C(=O)O)ccc1NC(=O)[C@@H]1C[C@@H](CC(C)(C)C)[C@H](c2ccc(Cl)cc2F)[C@H]1c1cccc(Cl)c1F. The summed E-state index contributed by atoms with van der Waals surface area (Å²) in [5.41, 5.74) is 0.706. The van der Waals surface area contributed by atoms with Crippen LogP contribution >= 0.6 is 23.2 Å². The molecule has 4 rings (SSSR count). The van der Waals surface area contributed by atoms with Crippen LogP contribution in [0.3, 0.4) is 0 Å². The molecule has 0 aromatic heterocycles. The van der Waals surface area contributed by atoms with Crippen LogP contribution in [0.15, 0.2) is 54.6 Å². The van der Waals surface area contributed by atoms with Gasteiger partial charge in [-0.2, -0.15) is 0 Å². The Morgan fingerprint density at radius 2 is 1.75 bits per heavy atom. The van der Waals surface area contributed by atoms with Gasteiger partial charge in [0.05, 0.1) is 23.4 Å². The number of rotatable bonds is 7. The van der Waals surface area contributed by atoms with E-state index in [0.29, 0.717) is 18.4 Å². The lowest BCUT2D eigenvalue weighted by Crippen LogP contribution is -2.27. The van der Waals surface area contributed by atoms with Crippen molar-refractivity contribution in [3.63, 3.8) is 0 Å². The van der Waals surface area contributed by atoms with E-state index in [1.54, 1.807) is 24.3 Å². The van der Waals surface area contributed by atoms with Crippen LogP contribution in [0.5, 0.6) is 5.75 Å². The fraction of sp³-hybridized carbons (Fsp3) is 0.355. The van der Waals surface area contributed by atoms with Gasteiger partial charge in [-0.15, -0.1) is 0 Å². The zero-order chi connectivity index (χ0) is 29.4. The molecule has 3 aromatic carbocycles. The number of aromatic carboxylic acids is 1. The van der Waals surface area contributed by atoms with E-state index >= 15 is 8.78 Å². The van der Waals surface area contributed by atoms with Crippen LogP contribution in [0.25, 0.3) is 0 Å². The molecule has 4 atom stereocenters. The molecule has 0 unspecified atom stereocenters. The second-order valence-corrected chi connectivity index (χ2v) is 12.3. The quantitative estimate of drug-likeness (QED) is 0.289. The lowest BCUT2D eigenvalue weighted by molar-refractivity contribution is -0.120. The number of halogens is 4. The normalized spacial score (nSPS) is 20.8. The van der Waals surface area contributed by atoms with E-state index < -0.39 is 41.3 Å². The van der Waals surface area contributed by atoms with E-state index in [0.717, 1.165) is 0 Å². The third-order valence-electron chi connectivity index (χ3n) is 7.46. The Morgan fingerprint density at radius 1 is 1.02 bits per heavy atom. The van der Waals surface area contributed by atoms with Gasteiger partial charge in [0.2, 0.25) is 5.91 Å². The van der Waals surface area contributed by atoms with Crippen molar-refractivity contribution in [2.24, 2.45) is 17.3 Å². The van der Waals surface area contributed by atoms with Gasteiger partial charge in [0, 0.05) is 16.9 Å². The largest absolute Gasteiger partial charge is 0.495 e. The first-order chi connectivity index (χ1) is 18.8. The molecular weight excluding hydrogens is 559 g/mol. The minimum Gasteiger partial charge on any atom is -0.495 e. The predicted molar refractivity (Wildman–Crippen MR) is 153 cm³/mol. The minimum atomic E-state index is -1.14. The fourth-order valence-electron chi connectivity index (χ4n) is 5.99. The highest BCUT2D eigenvalue weighted by atomic mass is 35.5. The summed E-state index contributed by atoms with van der Waals surface area (Å²) in [4.78, 5) is 25.4. The minimum absolute atomic E-state index is 0.00175. The number of amides is 1. The summed E-state index contributed by atoms with van der Waals surface area (Å²) in [6.07, 6.45) is 1.01. The van der Waals surface area contributed by atoms with Gasteiger partial charge in [-0.05, 0) is 77.6 Å². The maximum Gasteiger partial charge on any atom is 0.335 e. The van der Waals surface area contributed by atoms with Crippen molar-refractivity contribution >= 4 is 40.8 Å². The number of carbonyl (C=O) groups excluding carboxylic acids is 1. The summed E-state index contributed by atoms with van der Waals surface area (Å²) in [6, 6.07) is 13.2. The molecule has 0 saturated heterocycles. The fourth-order valence-corrected chi connectivity index (χ4v) is 6.33. The molecule has 0 spiro atoms. The number of anilines is 1. The maximum atomic E-state index is 15.6. The molecule has 0 aliphatic heterocycles. The van der Waals surface area contributed by atoms with Gasteiger partial charge in [0.25, 0.3) is 0 Å². The van der Waals surface area contributed by atoms with Crippen molar-refractivity contribution in [3.8, 4) is 5.75 Å². The number of carboxylic acid groups (broad SMARTS) is 1. The Kier molecular flexibility index (Phi) is 8.76. The Labute approximate surface area is 242 Å². The Morgan fingerprint density at radius 3 is 2.38 bits per heavy atom. The van der Waals surface area contributed by atoms with Crippen LogP contribution in [-0.4, -0.2) is 24.1 Å². The standard InChI is InChI=1S/C31H31Cl2F2NO4/c1-31(2,3)15-17-12-21(29(37)36-24-11-8-16(30(38)39)13-25(24)40-4)27(20-6-5-7-22(33)28(20)35)26(17)19-10-9-18(32)14-23(19)34/h5-11,13-14,17,21,26-27H,12,15H2,1-4H3,(H,36,37)(H,38,39)/t17-,21+,26+,27-/m0/s1. The van der Waals surface area contributed by atoms with Crippen LogP contribution in [0.1, 0.15) is 66.9 Å². The lowest BCUT2D eigenvalue weighted by atomic mass is 9.73. The maximum absolute atomic E-state index is 15.6. The molecule has 5 nitrogen and oxygen atoms in total. The summed E-state index contributed by atoms with van der Waals surface area (Å²) in [5.74, 6) is -4.77. The summed E-state index contributed by atoms with van der Waals surface area (Å²) in [7, 11) is 1.37. The second kappa shape index (κ2) is 11.8. The number of methoxy groups -OCH3 is 1. The first kappa shape index (κ1) is 29.8. The third kappa shape index (κ3) is 6.26. The van der Waals surface area contributed by atoms with E-state index in [2.05, 4.69) is 26.1 Å². The van der Waals surface area contributed by atoms with Gasteiger partial charge in [-0.1, -0.05) is 62.2 Å². The molecule has 212 valence electrons. The topological polar surface area (TPSA) is 75.6 Å². The molecular formula is C31H31Cl2F2NO4. The Hall–Kier alpha value is -3.16. The number of hydrogen-bond acceptors (Lipinski definition) is 3. The van der Waals surface area contributed by atoms with E-state index in [1.165, 1.54) is 37.4 Å². The predicted octanol–water partition coefficient (Wildman–Crippen LogP) is 8.56. The zero-order valence-corrected chi connectivity index (χ0v) is 24.1. The van der Waals surface area contributed by atoms with Gasteiger partial charge < -0.3 is 15.2 Å². The van der Waals surface area contributed by atoms with Crippen molar-refractivity contribution < 1.29 is 28.2 Å². The highest BCUT2D eigenvalue weighted by Gasteiger charge is 2.50. The summed E-state index contributed by atoms with van der Waals surface area (Å²) in [6.45, 7) is 6.21. The van der Waals surface area contributed by atoms with Gasteiger partial charge in [-0.3, -0.25) is 4.79 Å². The van der Waals surface area contributed by atoms with Crippen molar-refractivity contribution in [2.45, 2.75) is 45.4 Å². The molecule has 9 heteroatoms. The van der Waals surface area contributed by atoms with Crippen molar-refractivity contribution in [1.82, 2.24) is 0 Å². The highest BCUT2D eigenvalue weighted by molar-refractivity contribution is 6.31. The van der Waals surface area contributed by atoms with Crippen molar-refractivity contribution in [2.75, 3.05) is 12.4 Å². The lowest BCUT2D eigenvalue weighted by Gasteiger charge is -2.31. The molecule has 0 heterocycles. The van der Waals surface area contributed by atoms with E-state index in [-0.39, 0.29) is 43.9 Å². The molecule has 1 saturated carbocycles. The van der Waals surface area contributed by atoms with E-state index in [4.69, 9.17) is 27.9 Å². The first-order valence-corrected chi connectivity index (χ1v) is 13.7. The summed E-state index contributed by atoms with van der Waals surface area (Å²) in [5, 5.41) is 12.3. The smallest absolute Gasteiger partial charge is 0.335 e. The molecule has 2 N–H and O–H groups in total. The third-order valence-corrected chi connectivity index (χ3v) is 7.99. The number of ether oxygens (including phenoxy) is 1. The number of hydrogen-bond donors (Lipinski definition) is 2. The summed E-state index contributed by atoms with van der Waals surface area (Å²) < 4.78 is 36.4. The van der Waals surface area contributed by atoms with Gasteiger partial charge >= 0.3 is 5.97 Å².